The van der Waals surface area contributed by atoms with Gasteiger partial charge >= 0.3 is 0 Å². The monoisotopic (exact) mass is 276 g/mol. The zero-order valence-corrected chi connectivity index (χ0v) is 12.1. The van der Waals surface area contributed by atoms with Crippen LogP contribution in [0.5, 0.6) is 0 Å². The highest BCUT2D eigenvalue weighted by Gasteiger charge is 2.20. The van der Waals surface area contributed by atoms with Gasteiger partial charge in [-0.05, 0) is 26.0 Å². The topological polar surface area (TPSA) is 33.1 Å². The molecule has 1 aromatic carbocycles. The third-order valence-corrected chi connectivity index (χ3v) is 4.09. The number of rotatable bonds is 3. The van der Waals surface area contributed by atoms with Crippen molar-refractivity contribution in [2.45, 2.75) is 33.0 Å². The molecule has 1 aliphatic rings. The van der Waals surface area contributed by atoms with Crippen LogP contribution in [0.3, 0.4) is 0 Å². The van der Waals surface area contributed by atoms with Crippen LogP contribution in [-0.4, -0.2) is 40.1 Å². The Bertz CT molecular complexity index is 607. The zero-order valence-electron chi connectivity index (χ0n) is 12.1. The maximum Gasteiger partial charge on any atom is 0.125 e. The molecule has 0 unspecified atom stereocenters. The summed E-state index contributed by atoms with van der Waals surface area (Å²) in [7, 11) is 0. The standard InChI is InChI=1S/C15H21FN4/c1-3-20-14-5-4-12(16)8-13(14)18-15(20)10-19-7-6-17-9-11(19)2/h4-5,8,11,17H,3,6-7,9-10H2,1-2H3/t11-/m1/s1. The van der Waals surface area contributed by atoms with E-state index in [4.69, 9.17) is 0 Å². The van der Waals surface area contributed by atoms with E-state index in [2.05, 4.69) is 33.6 Å². The molecule has 5 heteroatoms. The first-order chi connectivity index (χ1) is 9.69. The molecule has 4 nitrogen and oxygen atoms in total. The Morgan fingerprint density at radius 3 is 3.05 bits per heavy atom. The number of nitrogens with one attached hydrogen (secondary N) is 1. The average Bonchev–Trinajstić information content (AvgIpc) is 2.77. The highest BCUT2D eigenvalue weighted by atomic mass is 19.1. The second-order valence-corrected chi connectivity index (χ2v) is 5.43. The van der Waals surface area contributed by atoms with Gasteiger partial charge in [0.05, 0.1) is 17.6 Å². The van der Waals surface area contributed by atoms with Crippen molar-refractivity contribution in [3.8, 4) is 0 Å². The first-order valence-corrected chi connectivity index (χ1v) is 7.28. The molecule has 1 aromatic heterocycles. The number of piperazine rings is 1. The number of benzene rings is 1. The molecular formula is C15H21FN4. The molecular weight excluding hydrogens is 255 g/mol. The molecule has 2 heterocycles. The third kappa shape index (κ3) is 2.43. The largest absolute Gasteiger partial charge is 0.327 e. The van der Waals surface area contributed by atoms with Crippen LogP contribution in [-0.2, 0) is 13.1 Å². The van der Waals surface area contributed by atoms with E-state index in [9.17, 15) is 4.39 Å². The van der Waals surface area contributed by atoms with Crippen molar-refractivity contribution in [3.63, 3.8) is 0 Å². The smallest absolute Gasteiger partial charge is 0.125 e. The zero-order chi connectivity index (χ0) is 14.1. The van der Waals surface area contributed by atoms with Gasteiger partial charge in [-0.15, -0.1) is 0 Å². The summed E-state index contributed by atoms with van der Waals surface area (Å²) in [5.74, 6) is 0.808. The highest BCUT2D eigenvalue weighted by Crippen LogP contribution is 2.19. The molecule has 0 saturated carbocycles. The van der Waals surface area contributed by atoms with Crippen LogP contribution in [0.4, 0.5) is 4.39 Å². The lowest BCUT2D eigenvalue weighted by Gasteiger charge is -2.33. The molecule has 0 amide bonds. The lowest BCUT2D eigenvalue weighted by atomic mass is 10.2. The molecule has 0 aliphatic carbocycles. The van der Waals surface area contributed by atoms with Gasteiger partial charge < -0.3 is 9.88 Å². The van der Waals surface area contributed by atoms with E-state index in [1.807, 2.05) is 6.07 Å². The van der Waals surface area contributed by atoms with Gasteiger partial charge in [0.2, 0.25) is 0 Å². The van der Waals surface area contributed by atoms with Crippen molar-refractivity contribution >= 4 is 11.0 Å². The quantitative estimate of drug-likeness (QED) is 0.930. The number of imidazole rings is 1. The van der Waals surface area contributed by atoms with Crippen LogP contribution in [0, 0.1) is 5.82 Å². The van der Waals surface area contributed by atoms with Crippen LogP contribution < -0.4 is 5.32 Å². The summed E-state index contributed by atoms with van der Waals surface area (Å²) in [5, 5.41) is 3.39. The molecule has 1 atom stereocenters. The van der Waals surface area contributed by atoms with E-state index in [0.717, 1.165) is 49.6 Å². The fourth-order valence-corrected chi connectivity index (χ4v) is 2.93. The molecule has 0 radical (unpaired) electrons. The summed E-state index contributed by atoms with van der Waals surface area (Å²) >= 11 is 0. The minimum absolute atomic E-state index is 0.222. The highest BCUT2D eigenvalue weighted by molar-refractivity contribution is 5.76. The van der Waals surface area contributed by atoms with Gasteiger partial charge in [0, 0.05) is 38.3 Å². The number of aryl methyl sites for hydroxylation is 1. The first kappa shape index (κ1) is 13.5. The minimum Gasteiger partial charge on any atom is -0.327 e. The second kappa shape index (κ2) is 5.50. The van der Waals surface area contributed by atoms with E-state index in [1.54, 1.807) is 0 Å². The van der Waals surface area contributed by atoms with Crippen molar-refractivity contribution in [2.75, 3.05) is 19.6 Å². The molecule has 3 rings (SSSR count). The van der Waals surface area contributed by atoms with Gasteiger partial charge in [0.15, 0.2) is 0 Å². The molecule has 1 saturated heterocycles. The van der Waals surface area contributed by atoms with Crippen LogP contribution >= 0.6 is 0 Å². The lowest BCUT2D eigenvalue weighted by Crippen LogP contribution is -2.49. The number of halogens is 1. The minimum atomic E-state index is -0.222. The molecule has 108 valence electrons. The average molecular weight is 276 g/mol. The van der Waals surface area contributed by atoms with Gasteiger partial charge in [-0.25, -0.2) is 9.37 Å². The Kier molecular flexibility index (Phi) is 3.72. The van der Waals surface area contributed by atoms with E-state index in [0.29, 0.717) is 6.04 Å². The Morgan fingerprint density at radius 1 is 1.45 bits per heavy atom. The summed E-state index contributed by atoms with van der Waals surface area (Å²) in [5.41, 5.74) is 1.77. The molecule has 20 heavy (non-hydrogen) atoms. The Morgan fingerprint density at radius 2 is 2.30 bits per heavy atom. The Hall–Kier alpha value is -1.46. The van der Waals surface area contributed by atoms with Gasteiger partial charge in [-0.2, -0.15) is 0 Å². The number of fused-ring (bicyclic) bond motifs is 1. The predicted octanol–water partition coefficient (Wildman–Crippen LogP) is 1.99. The van der Waals surface area contributed by atoms with Gasteiger partial charge in [0.25, 0.3) is 0 Å². The van der Waals surface area contributed by atoms with Gasteiger partial charge in [0.1, 0.15) is 11.6 Å². The summed E-state index contributed by atoms with van der Waals surface area (Å²) in [6, 6.07) is 5.36. The molecule has 0 spiro atoms. The predicted molar refractivity (Wildman–Crippen MR) is 78.1 cm³/mol. The molecule has 2 aromatic rings. The number of aromatic nitrogens is 2. The fourth-order valence-electron chi connectivity index (χ4n) is 2.93. The number of hydrogen-bond donors (Lipinski definition) is 1. The maximum absolute atomic E-state index is 13.3. The van der Waals surface area contributed by atoms with E-state index in [-0.39, 0.29) is 5.82 Å². The van der Waals surface area contributed by atoms with E-state index >= 15 is 0 Å². The lowest BCUT2D eigenvalue weighted by molar-refractivity contribution is 0.160. The molecule has 1 N–H and O–H groups in total. The first-order valence-electron chi connectivity index (χ1n) is 7.28. The van der Waals surface area contributed by atoms with E-state index in [1.165, 1.54) is 12.1 Å². The Labute approximate surface area is 118 Å². The van der Waals surface area contributed by atoms with Crippen molar-refractivity contribution < 1.29 is 4.39 Å². The van der Waals surface area contributed by atoms with E-state index < -0.39 is 0 Å². The van der Waals surface area contributed by atoms with Crippen molar-refractivity contribution in [3.05, 3.63) is 29.8 Å². The summed E-state index contributed by atoms with van der Waals surface area (Å²) < 4.78 is 15.5. The summed E-state index contributed by atoms with van der Waals surface area (Å²) in [6.07, 6.45) is 0. The van der Waals surface area contributed by atoms with Gasteiger partial charge in [-0.3, -0.25) is 4.90 Å². The van der Waals surface area contributed by atoms with Crippen LogP contribution in [0.25, 0.3) is 11.0 Å². The third-order valence-electron chi connectivity index (χ3n) is 4.09. The molecule has 1 aliphatic heterocycles. The fraction of sp³-hybridized carbons (Fsp3) is 0.533. The van der Waals surface area contributed by atoms with Crippen molar-refractivity contribution in [2.24, 2.45) is 0 Å². The van der Waals surface area contributed by atoms with Gasteiger partial charge in [-0.1, -0.05) is 0 Å². The molecule has 0 bridgehead atoms. The van der Waals surface area contributed by atoms with Crippen LogP contribution in [0.15, 0.2) is 18.2 Å². The van der Waals surface area contributed by atoms with Crippen molar-refractivity contribution in [1.82, 2.24) is 19.8 Å². The molecule has 1 fully saturated rings. The van der Waals surface area contributed by atoms with Crippen LogP contribution in [0.2, 0.25) is 0 Å². The number of nitrogens with zero attached hydrogens (tertiary/aromatic N) is 3. The summed E-state index contributed by atoms with van der Waals surface area (Å²) in [6.45, 7) is 9.08. The number of hydrogen-bond acceptors (Lipinski definition) is 3. The summed E-state index contributed by atoms with van der Waals surface area (Å²) in [4.78, 5) is 7.06. The second-order valence-electron chi connectivity index (χ2n) is 5.43. The normalized spacial score (nSPS) is 20.6. The SMILES string of the molecule is CCn1c(CN2CCNC[C@H]2C)nc2cc(F)ccc21. The Balaban J connectivity index is 1.94. The van der Waals surface area contributed by atoms with Crippen molar-refractivity contribution in [1.29, 1.82) is 0 Å². The maximum atomic E-state index is 13.3. The van der Waals surface area contributed by atoms with Crippen LogP contribution in [0.1, 0.15) is 19.7 Å².